The van der Waals surface area contributed by atoms with E-state index in [1.54, 1.807) is 19.1 Å². The van der Waals surface area contributed by atoms with Crippen LogP contribution in [0.5, 0.6) is 0 Å². The predicted octanol–water partition coefficient (Wildman–Crippen LogP) is 1.64. The van der Waals surface area contributed by atoms with Crippen molar-refractivity contribution >= 4 is 21.7 Å². The normalized spacial score (nSPS) is 12.9. The molecule has 23 heavy (non-hydrogen) atoms. The average Bonchev–Trinajstić information content (AvgIpc) is 2.46. The van der Waals surface area contributed by atoms with Gasteiger partial charge in [-0.2, -0.15) is 0 Å². The highest BCUT2D eigenvalue weighted by Crippen LogP contribution is 2.14. The lowest BCUT2D eigenvalue weighted by Crippen LogP contribution is -2.42. The quantitative estimate of drug-likeness (QED) is 0.748. The van der Waals surface area contributed by atoms with Gasteiger partial charge in [-0.15, -0.1) is 0 Å². The van der Waals surface area contributed by atoms with Gasteiger partial charge in [0.25, 0.3) is 0 Å². The minimum Gasteiger partial charge on any atom is -0.480 e. The van der Waals surface area contributed by atoms with Crippen LogP contribution in [0.25, 0.3) is 0 Å². The van der Waals surface area contributed by atoms with E-state index in [9.17, 15) is 18.0 Å². The van der Waals surface area contributed by atoms with Crippen LogP contribution in [0.3, 0.4) is 0 Å². The number of hydrogen-bond acceptors (Lipinski definition) is 4. The van der Waals surface area contributed by atoms with E-state index in [0.29, 0.717) is 12.0 Å². The van der Waals surface area contributed by atoms with Crippen molar-refractivity contribution in [1.29, 1.82) is 0 Å². The van der Waals surface area contributed by atoms with Crippen LogP contribution >= 0.6 is 0 Å². The summed E-state index contributed by atoms with van der Waals surface area (Å²) >= 11 is 0. The van der Waals surface area contributed by atoms with Crippen molar-refractivity contribution in [3.05, 3.63) is 29.8 Å². The monoisotopic (exact) mass is 341 g/mol. The van der Waals surface area contributed by atoms with Gasteiger partial charge in [0.05, 0.1) is 17.1 Å². The third-order valence-electron chi connectivity index (χ3n) is 3.34. The first kappa shape index (κ1) is 19.2. The Morgan fingerprint density at radius 1 is 1.26 bits per heavy atom. The van der Waals surface area contributed by atoms with Gasteiger partial charge in [-0.25, -0.2) is 13.2 Å². The maximum atomic E-state index is 12.0. The van der Waals surface area contributed by atoms with E-state index in [-0.39, 0.29) is 23.0 Å². The van der Waals surface area contributed by atoms with Crippen molar-refractivity contribution in [1.82, 2.24) is 5.32 Å². The first-order valence-electron chi connectivity index (χ1n) is 7.49. The fourth-order valence-corrected chi connectivity index (χ4v) is 3.09. The van der Waals surface area contributed by atoms with Crippen molar-refractivity contribution in [2.45, 2.75) is 44.6 Å². The molecule has 0 radical (unpaired) electrons. The molecule has 0 aliphatic rings. The summed E-state index contributed by atoms with van der Waals surface area (Å²) in [5.41, 5.74) is 0.533. The number of rotatable bonds is 8. The maximum Gasteiger partial charge on any atom is 0.326 e. The Balaban J connectivity index is 2.81. The lowest BCUT2D eigenvalue weighted by Gasteiger charge is -2.16. The van der Waals surface area contributed by atoms with Crippen LogP contribution in [-0.4, -0.2) is 37.2 Å². The van der Waals surface area contributed by atoms with E-state index in [1.807, 2.05) is 13.8 Å². The summed E-state index contributed by atoms with van der Waals surface area (Å²) in [6.45, 7) is 5.31. The van der Waals surface area contributed by atoms with Gasteiger partial charge >= 0.3 is 5.97 Å². The molecular formula is C16H23NO5S. The summed E-state index contributed by atoms with van der Waals surface area (Å²) in [5.74, 6) is -1.40. The molecule has 1 aromatic carbocycles. The number of carboxylic acids is 1. The van der Waals surface area contributed by atoms with Crippen LogP contribution in [0.4, 0.5) is 0 Å². The Labute approximate surface area is 136 Å². The second-order valence-electron chi connectivity index (χ2n) is 5.82. The number of aliphatic carboxylic acids is 1. The van der Waals surface area contributed by atoms with E-state index >= 15 is 0 Å². The number of carboxylic acid groups (broad SMARTS) is 1. The number of amides is 1. The van der Waals surface area contributed by atoms with Crippen LogP contribution in [0.2, 0.25) is 0 Å². The highest BCUT2D eigenvalue weighted by atomic mass is 32.2. The summed E-state index contributed by atoms with van der Waals surface area (Å²) in [6, 6.07) is 5.22. The number of nitrogens with one attached hydrogen (secondary N) is 1. The minimum absolute atomic E-state index is 0.0157. The first-order valence-corrected chi connectivity index (χ1v) is 9.14. The molecule has 7 heteroatoms. The van der Waals surface area contributed by atoms with E-state index in [0.717, 1.165) is 0 Å². The van der Waals surface area contributed by atoms with Crippen molar-refractivity contribution in [3.63, 3.8) is 0 Å². The summed E-state index contributed by atoms with van der Waals surface area (Å²) in [7, 11) is -3.33. The molecule has 0 saturated heterocycles. The zero-order chi connectivity index (χ0) is 17.6. The molecule has 0 unspecified atom stereocenters. The molecule has 6 nitrogen and oxygen atoms in total. The zero-order valence-corrected chi connectivity index (χ0v) is 14.4. The van der Waals surface area contributed by atoms with Gasteiger partial charge in [-0.05, 0) is 30.0 Å². The van der Waals surface area contributed by atoms with E-state index in [4.69, 9.17) is 5.11 Å². The summed E-state index contributed by atoms with van der Waals surface area (Å²) in [4.78, 5) is 23.3. The number of carbonyl (C=O) groups excluding carboxylic acids is 1. The van der Waals surface area contributed by atoms with Gasteiger partial charge < -0.3 is 10.4 Å². The molecule has 0 heterocycles. The topological polar surface area (TPSA) is 101 Å². The minimum atomic E-state index is -3.33. The van der Waals surface area contributed by atoms with Gasteiger partial charge in [0.15, 0.2) is 9.84 Å². The summed E-state index contributed by atoms with van der Waals surface area (Å²) < 4.78 is 23.7. The molecule has 1 amide bonds. The van der Waals surface area contributed by atoms with E-state index < -0.39 is 27.8 Å². The van der Waals surface area contributed by atoms with Crippen LogP contribution in [0.15, 0.2) is 29.2 Å². The van der Waals surface area contributed by atoms with Crippen LogP contribution < -0.4 is 5.32 Å². The largest absolute Gasteiger partial charge is 0.480 e. The Kier molecular flexibility index (Phi) is 6.75. The Morgan fingerprint density at radius 3 is 2.43 bits per heavy atom. The first-order chi connectivity index (χ1) is 10.7. The van der Waals surface area contributed by atoms with Crippen molar-refractivity contribution < 1.29 is 23.1 Å². The lowest BCUT2D eigenvalue weighted by atomic mass is 10.0. The molecular weight excluding hydrogens is 318 g/mol. The summed E-state index contributed by atoms with van der Waals surface area (Å²) in [6.07, 6.45) is 0.278. The van der Waals surface area contributed by atoms with Crippen molar-refractivity contribution in [2.75, 3.05) is 5.75 Å². The molecule has 0 aromatic heterocycles. The van der Waals surface area contributed by atoms with Gasteiger partial charge in [0.2, 0.25) is 5.91 Å². The number of carbonyl (C=O) groups is 2. The maximum absolute atomic E-state index is 12.0. The average molecular weight is 341 g/mol. The predicted molar refractivity (Wildman–Crippen MR) is 86.9 cm³/mol. The molecule has 0 aliphatic carbocycles. The lowest BCUT2D eigenvalue weighted by molar-refractivity contribution is -0.142. The molecule has 2 N–H and O–H groups in total. The molecule has 1 aromatic rings. The molecule has 128 valence electrons. The van der Waals surface area contributed by atoms with Gasteiger partial charge in [0.1, 0.15) is 6.04 Å². The Morgan fingerprint density at radius 2 is 1.91 bits per heavy atom. The second-order valence-corrected chi connectivity index (χ2v) is 8.09. The highest BCUT2D eigenvalue weighted by Gasteiger charge is 2.21. The molecule has 1 rings (SSSR count). The SMILES string of the molecule is CCS(=O)(=O)c1cccc(CC(=O)N[C@H](CC(C)C)C(=O)O)c1. The molecule has 0 bridgehead atoms. The molecule has 0 aliphatic heterocycles. The Hall–Kier alpha value is -1.89. The number of sulfone groups is 1. The van der Waals surface area contributed by atoms with Crippen molar-refractivity contribution in [2.24, 2.45) is 5.92 Å². The van der Waals surface area contributed by atoms with Gasteiger partial charge in [-0.3, -0.25) is 4.79 Å². The standard InChI is InChI=1S/C16H23NO5S/c1-4-23(21,22)13-7-5-6-12(9-13)10-15(18)17-14(16(19)20)8-11(2)3/h5-7,9,11,14H,4,8,10H2,1-3H3,(H,17,18)(H,19,20)/t14-/m1/s1. The number of benzene rings is 1. The van der Waals surface area contributed by atoms with E-state index in [2.05, 4.69) is 5.32 Å². The Bertz CT molecular complexity index is 667. The van der Waals surface area contributed by atoms with E-state index in [1.165, 1.54) is 12.1 Å². The fraction of sp³-hybridized carbons (Fsp3) is 0.500. The van der Waals surface area contributed by atoms with Crippen LogP contribution in [-0.2, 0) is 25.8 Å². The smallest absolute Gasteiger partial charge is 0.326 e. The molecule has 1 atom stereocenters. The van der Waals surface area contributed by atoms with Gasteiger partial charge in [-0.1, -0.05) is 32.9 Å². The highest BCUT2D eigenvalue weighted by molar-refractivity contribution is 7.91. The second kappa shape index (κ2) is 8.10. The van der Waals surface area contributed by atoms with Crippen LogP contribution in [0.1, 0.15) is 32.8 Å². The summed E-state index contributed by atoms with van der Waals surface area (Å²) in [5, 5.41) is 11.6. The molecule has 0 spiro atoms. The van der Waals surface area contributed by atoms with Crippen molar-refractivity contribution in [3.8, 4) is 0 Å². The number of hydrogen-bond donors (Lipinski definition) is 2. The third kappa shape index (κ3) is 6.02. The molecule has 0 fully saturated rings. The molecule has 0 saturated carbocycles. The van der Waals surface area contributed by atoms with Gasteiger partial charge in [0, 0.05) is 0 Å². The van der Waals surface area contributed by atoms with Crippen LogP contribution in [0, 0.1) is 5.92 Å². The fourth-order valence-electron chi connectivity index (χ4n) is 2.14. The zero-order valence-electron chi connectivity index (χ0n) is 13.6. The third-order valence-corrected chi connectivity index (χ3v) is 5.07.